The molecule has 0 radical (unpaired) electrons. The summed E-state index contributed by atoms with van der Waals surface area (Å²) in [5.41, 5.74) is -2.66. The van der Waals surface area contributed by atoms with E-state index in [1.54, 1.807) is 43.3 Å². The van der Waals surface area contributed by atoms with Gasteiger partial charge in [0.1, 0.15) is 11.9 Å². The van der Waals surface area contributed by atoms with Crippen LogP contribution in [-0.2, 0) is 9.47 Å². The molecule has 2 aliphatic rings. The maximum absolute atomic E-state index is 10.5. The standard InChI is InChI=1S/C29H30N4O3/c1-3-4-5-6-10-17-34-23-15-13-22(14-16-23)25-28(18-30,19-31)29(20-32)24(21-11-8-7-9-12-21)27(2,35-25)36-26(29)33/h7-9,11-16,24-25,33H,3-6,10,17H2,1-2H3. The molecule has 0 aromatic heterocycles. The monoisotopic (exact) mass is 482 g/mol. The fourth-order valence-corrected chi connectivity index (χ4v) is 5.57. The van der Waals surface area contributed by atoms with E-state index in [-0.39, 0.29) is 0 Å². The fraction of sp³-hybridized carbons (Fsp3) is 0.448. The molecule has 36 heavy (non-hydrogen) atoms. The van der Waals surface area contributed by atoms with Crippen molar-refractivity contribution >= 4 is 5.90 Å². The van der Waals surface area contributed by atoms with E-state index in [4.69, 9.17) is 19.6 Å². The SMILES string of the molecule is CCCCCCCOc1ccc(C2OC3(C)OC(=N)C(C#N)(C3c3ccccc3)C2(C#N)C#N)cc1. The number of nitrogens with one attached hydrogen (secondary N) is 1. The van der Waals surface area contributed by atoms with Crippen LogP contribution in [0.15, 0.2) is 54.6 Å². The first kappa shape index (κ1) is 25.2. The number of nitriles is 3. The topological polar surface area (TPSA) is 123 Å². The molecule has 1 N–H and O–H groups in total. The fourth-order valence-electron chi connectivity index (χ4n) is 5.57. The van der Waals surface area contributed by atoms with Crippen LogP contribution < -0.4 is 4.74 Å². The number of hydrogen-bond acceptors (Lipinski definition) is 7. The Kier molecular flexibility index (Phi) is 7.02. The molecule has 7 nitrogen and oxygen atoms in total. The lowest BCUT2D eigenvalue weighted by Crippen LogP contribution is -2.57. The van der Waals surface area contributed by atoms with Gasteiger partial charge in [0, 0.05) is 6.92 Å². The van der Waals surface area contributed by atoms with Crippen LogP contribution >= 0.6 is 0 Å². The van der Waals surface area contributed by atoms with Gasteiger partial charge >= 0.3 is 0 Å². The highest BCUT2D eigenvalue weighted by atomic mass is 16.7. The Balaban J connectivity index is 1.68. The van der Waals surface area contributed by atoms with Crippen LogP contribution in [0.3, 0.4) is 0 Å². The second-order valence-electron chi connectivity index (χ2n) is 9.57. The molecule has 4 unspecified atom stereocenters. The lowest BCUT2D eigenvalue weighted by atomic mass is 9.52. The van der Waals surface area contributed by atoms with E-state index >= 15 is 0 Å². The molecule has 0 spiro atoms. The largest absolute Gasteiger partial charge is 0.494 e. The molecular formula is C29H30N4O3. The van der Waals surface area contributed by atoms with E-state index < -0.39 is 34.5 Å². The van der Waals surface area contributed by atoms with Crippen molar-refractivity contribution in [2.24, 2.45) is 10.8 Å². The Morgan fingerprint density at radius 3 is 2.17 bits per heavy atom. The summed E-state index contributed by atoms with van der Waals surface area (Å²) in [5.74, 6) is -1.99. The number of unbranched alkanes of at least 4 members (excludes halogenated alkanes) is 4. The second-order valence-corrected chi connectivity index (χ2v) is 9.57. The molecular weight excluding hydrogens is 452 g/mol. The van der Waals surface area contributed by atoms with E-state index in [1.165, 1.54) is 19.3 Å². The van der Waals surface area contributed by atoms with Crippen LogP contribution in [-0.4, -0.2) is 18.3 Å². The van der Waals surface area contributed by atoms with E-state index in [1.807, 2.05) is 18.2 Å². The molecule has 4 atom stereocenters. The summed E-state index contributed by atoms with van der Waals surface area (Å²) in [7, 11) is 0. The predicted molar refractivity (Wildman–Crippen MR) is 133 cm³/mol. The van der Waals surface area contributed by atoms with Gasteiger partial charge in [0.15, 0.2) is 5.41 Å². The van der Waals surface area contributed by atoms with Crippen molar-refractivity contribution in [3.8, 4) is 24.0 Å². The third kappa shape index (κ3) is 3.79. The molecule has 0 amide bonds. The summed E-state index contributed by atoms with van der Waals surface area (Å²) in [4.78, 5) is 0. The van der Waals surface area contributed by atoms with Gasteiger partial charge in [0.25, 0.3) is 0 Å². The molecule has 184 valence electrons. The predicted octanol–water partition coefficient (Wildman–Crippen LogP) is 6.16. The van der Waals surface area contributed by atoms with Crippen molar-refractivity contribution in [2.75, 3.05) is 6.61 Å². The minimum Gasteiger partial charge on any atom is -0.494 e. The molecule has 2 aromatic rings. The zero-order chi connectivity index (χ0) is 25.8. The first-order valence-electron chi connectivity index (χ1n) is 12.4. The zero-order valence-corrected chi connectivity index (χ0v) is 20.7. The van der Waals surface area contributed by atoms with E-state index in [0.717, 1.165) is 12.8 Å². The Morgan fingerprint density at radius 1 is 0.889 bits per heavy atom. The number of benzene rings is 2. The van der Waals surface area contributed by atoms with Crippen LogP contribution in [0.1, 0.15) is 69.1 Å². The second kappa shape index (κ2) is 10.0. The van der Waals surface area contributed by atoms with Gasteiger partial charge < -0.3 is 14.2 Å². The van der Waals surface area contributed by atoms with Crippen LogP contribution in [0.5, 0.6) is 5.75 Å². The van der Waals surface area contributed by atoms with Crippen molar-refractivity contribution in [1.82, 2.24) is 0 Å². The molecule has 2 aromatic carbocycles. The van der Waals surface area contributed by atoms with Gasteiger partial charge in [-0.3, -0.25) is 5.41 Å². The van der Waals surface area contributed by atoms with E-state index in [0.29, 0.717) is 23.5 Å². The zero-order valence-electron chi connectivity index (χ0n) is 20.7. The number of hydrogen-bond donors (Lipinski definition) is 1. The lowest BCUT2D eigenvalue weighted by molar-refractivity contribution is -0.253. The Bertz CT molecular complexity index is 1210. The average molecular weight is 483 g/mol. The molecule has 0 aliphatic carbocycles. The van der Waals surface area contributed by atoms with Crippen molar-refractivity contribution in [3.63, 3.8) is 0 Å². The average Bonchev–Trinajstić information content (AvgIpc) is 3.09. The van der Waals surface area contributed by atoms with Crippen LogP contribution in [0.2, 0.25) is 0 Å². The van der Waals surface area contributed by atoms with Gasteiger partial charge in [-0.05, 0) is 29.7 Å². The summed E-state index contributed by atoms with van der Waals surface area (Å²) in [6.07, 6.45) is 4.61. The van der Waals surface area contributed by atoms with E-state index in [9.17, 15) is 15.8 Å². The molecule has 2 heterocycles. The van der Waals surface area contributed by atoms with E-state index in [2.05, 4.69) is 25.1 Å². The minimum atomic E-state index is -2.02. The summed E-state index contributed by atoms with van der Waals surface area (Å²) in [6, 6.07) is 22.5. The highest BCUT2D eigenvalue weighted by Crippen LogP contribution is 2.69. The Hall–Kier alpha value is -3.86. The van der Waals surface area contributed by atoms with Crippen LogP contribution in [0.4, 0.5) is 0 Å². The van der Waals surface area contributed by atoms with Crippen molar-refractivity contribution in [1.29, 1.82) is 21.2 Å². The molecule has 7 heteroatoms. The highest BCUT2D eigenvalue weighted by molar-refractivity contribution is 5.90. The smallest absolute Gasteiger partial charge is 0.218 e. The number of ether oxygens (including phenoxy) is 3. The van der Waals surface area contributed by atoms with Gasteiger partial charge in [-0.1, -0.05) is 75.1 Å². The van der Waals surface area contributed by atoms with Crippen molar-refractivity contribution < 1.29 is 14.2 Å². The van der Waals surface area contributed by atoms with Gasteiger partial charge in [-0.2, -0.15) is 15.8 Å². The number of nitrogens with zero attached hydrogens (tertiary/aromatic N) is 3. The molecule has 2 bridgehead atoms. The molecule has 2 fully saturated rings. The summed E-state index contributed by atoms with van der Waals surface area (Å²) in [6.45, 7) is 4.46. The summed E-state index contributed by atoms with van der Waals surface area (Å²) >= 11 is 0. The molecule has 4 rings (SSSR count). The Morgan fingerprint density at radius 2 is 1.56 bits per heavy atom. The molecule has 0 saturated carbocycles. The first-order chi connectivity index (χ1) is 17.4. The van der Waals surface area contributed by atoms with Gasteiger partial charge in [0.05, 0.1) is 30.7 Å². The summed E-state index contributed by atoms with van der Waals surface area (Å²) in [5, 5.41) is 40.1. The normalized spacial score (nSPS) is 27.8. The molecule has 2 saturated heterocycles. The lowest BCUT2D eigenvalue weighted by Gasteiger charge is -2.48. The third-order valence-electron chi connectivity index (χ3n) is 7.35. The third-order valence-corrected chi connectivity index (χ3v) is 7.35. The maximum Gasteiger partial charge on any atom is 0.218 e. The number of rotatable bonds is 9. The Labute approximate surface area is 212 Å². The number of fused-ring (bicyclic) bond motifs is 2. The highest BCUT2D eigenvalue weighted by Gasteiger charge is 2.79. The minimum absolute atomic E-state index is 0.421. The van der Waals surface area contributed by atoms with Crippen LogP contribution in [0.25, 0.3) is 0 Å². The van der Waals surface area contributed by atoms with Crippen molar-refractivity contribution in [2.45, 2.75) is 63.8 Å². The van der Waals surface area contributed by atoms with Gasteiger partial charge in [-0.15, -0.1) is 0 Å². The first-order valence-corrected chi connectivity index (χ1v) is 12.4. The van der Waals surface area contributed by atoms with Crippen molar-refractivity contribution in [3.05, 3.63) is 65.7 Å². The van der Waals surface area contributed by atoms with Crippen LogP contribution in [0, 0.1) is 50.2 Å². The molecule has 2 aliphatic heterocycles. The van der Waals surface area contributed by atoms with Gasteiger partial charge in [0.2, 0.25) is 17.1 Å². The quantitative estimate of drug-likeness (QED) is 0.427. The maximum atomic E-state index is 10.5. The van der Waals surface area contributed by atoms with Gasteiger partial charge in [-0.25, -0.2) is 0 Å². The summed E-state index contributed by atoms with van der Waals surface area (Å²) < 4.78 is 18.1.